The van der Waals surface area contributed by atoms with Crippen molar-refractivity contribution in [2.75, 3.05) is 72.5 Å². The molecule has 0 aromatic carbocycles. The molecule has 0 aromatic heterocycles. The van der Waals surface area contributed by atoms with Gasteiger partial charge < -0.3 is 36.4 Å². The number of nitrogens with two attached hydrogens (primary N) is 3. The summed E-state index contributed by atoms with van der Waals surface area (Å²) in [5.41, 5.74) is 15.9. The molecule has 1 saturated heterocycles. The van der Waals surface area contributed by atoms with Crippen molar-refractivity contribution in [2.45, 2.75) is 38.4 Å². The van der Waals surface area contributed by atoms with E-state index in [-0.39, 0.29) is 31.3 Å². The summed E-state index contributed by atoms with van der Waals surface area (Å²) < 4.78 is 1.22. The standard InChI is InChI=1S/C20H40N6O5/c1-16(27)13-25(2,10-8-24(6-3-18(21)29)7-4-19(22)30)11-12-26(9-5-20(23)31)14-17(28)15-26/h16-17,27-28H,3-15H2,1-2H3,(H4-2,21,22,23,29,30,31)/p+2. The molecule has 1 aliphatic rings. The number of aliphatic hydroxyl groups excluding tert-OH is 2. The fraction of sp³-hybridized carbons (Fsp3) is 0.850. The summed E-state index contributed by atoms with van der Waals surface area (Å²) in [6.45, 7) is 7.81. The van der Waals surface area contributed by atoms with E-state index in [4.69, 9.17) is 17.2 Å². The maximum atomic E-state index is 11.3. The molecule has 0 saturated carbocycles. The molecule has 0 spiro atoms. The predicted molar refractivity (Wildman–Crippen MR) is 116 cm³/mol. The molecular weight excluding hydrogens is 404 g/mol. The van der Waals surface area contributed by atoms with Crippen molar-refractivity contribution in [3.63, 3.8) is 0 Å². The van der Waals surface area contributed by atoms with Crippen molar-refractivity contribution < 1.29 is 33.6 Å². The number of carbonyl (C=O) groups excluding carboxylic acids is 3. The first-order valence-corrected chi connectivity index (χ1v) is 11.0. The molecule has 0 bridgehead atoms. The van der Waals surface area contributed by atoms with Crippen molar-refractivity contribution in [1.29, 1.82) is 0 Å². The minimum absolute atomic E-state index is 0.198. The Morgan fingerprint density at radius 2 is 1.48 bits per heavy atom. The molecule has 1 heterocycles. The smallest absolute Gasteiger partial charge is 0.223 e. The SMILES string of the molecule is CC(O)C[N+](C)(CCN(CCC(N)=O)CCC(N)=O)CC[N+]1(CCC(N)=O)CC(O)C1. The predicted octanol–water partition coefficient (Wildman–Crippen LogP) is -3.07. The summed E-state index contributed by atoms with van der Waals surface area (Å²) in [6.07, 6.45) is -0.188. The second kappa shape index (κ2) is 12.3. The van der Waals surface area contributed by atoms with Gasteiger partial charge in [0, 0.05) is 32.5 Å². The van der Waals surface area contributed by atoms with E-state index in [1.807, 2.05) is 4.90 Å². The molecule has 11 heteroatoms. The first-order chi connectivity index (χ1) is 14.3. The van der Waals surface area contributed by atoms with Crippen molar-refractivity contribution in [1.82, 2.24) is 4.90 Å². The van der Waals surface area contributed by atoms with Crippen LogP contribution in [-0.4, -0.2) is 127 Å². The van der Waals surface area contributed by atoms with Crippen molar-refractivity contribution in [3.8, 4) is 0 Å². The van der Waals surface area contributed by atoms with E-state index < -0.39 is 17.9 Å². The molecule has 180 valence electrons. The summed E-state index contributed by atoms with van der Waals surface area (Å²) in [4.78, 5) is 35.6. The number of rotatable bonds is 17. The molecular formula is C20H42N6O5+2. The summed E-state index contributed by atoms with van der Waals surface area (Å²) in [7, 11) is 2.06. The zero-order valence-corrected chi connectivity index (χ0v) is 19.0. The number of quaternary nitrogens is 2. The largest absolute Gasteiger partial charge is 0.388 e. The second-order valence-corrected chi connectivity index (χ2v) is 9.40. The Labute approximate surface area is 184 Å². The number of amides is 3. The van der Waals surface area contributed by atoms with Crippen molar-refractivity contribution >= 4 is 17.7 Å². The monoisotopic (exact) mass is 446 g/mol. The van der Waals surface area contributed by atoms with Crippen LogP contribution in [0.1, 0.15) is 26.2 Å². The molecule has 0 radical (unpaired) electrons. The van der Waals surface area contributed by atoms with Crippen LogP contribution >= 0.6 is 0 Å². The van der Waals surface area contributed by atoms with E-state index in [1.54, 1.807) is 6.92 Å². The van der Waals surface area contributed by atoms with Crippen LogP contribution in [0.15, 0.2) is 0 Å². The number of carbonyl (C=O) groups is 3. The molecule has 2 atom stereocenters. The molecule has 1 rings (SSSR count). The minimum atomic E-state index is -0.504. The van der Waals surface area contributed by atoms with E-state index in [2.05, 4.69) is 7.05 Å². The Kier molecular flexibility index (Phi) is 10.8. The lowest BCUT2D eigenvalue weighted by molar-refractivity contribution is -1.00. The van der Waals surface area contributed by atoms with Gasteiger partial charge in [0.05, 0.1) is 26.6 Å². The highest BCUT2D eigenvalue weighted by molar-refractivity contribution is 5.74. The third-order valence-electron chi connectivity index (χ3n) is 6.15. The normalized spacial score (nSPS) is 23.7. The van der Waals surface area contributed by atoms with Crippen LogP contribution in [-0.2, 0) is 14.4 Å². The van der Waals surface area contributed by atoms with Crippen LogP contribution in [0, 0.1) is 0 Å². The lowest BCUT2D eigenvalue weighted by Gasteiger charge is -2.50. The highest BCUT2D eigenvalue weighted by Gasteiger charge is 2.44. The number of nitrogens with zero attached hydrogens (tertiary/aromatic N) is 3. The first-order valence-electron chi connectivity index (χ1n) is 11.0. The number of likely N-dealkylation sites (tertiary alicyclic amines) is 1. The van der Waals surface area contributed by atoms with Crippen LogP contribution in [0.3, 0.4) is 0 Å². The number of hydrogen-bond acceptors (Lipinski definition) is 6. The Bertz CT molecular complexity index is 593. The molecule has 1 fully saturated rings. The maximum absolute atomic E-state index is 11.3. The van der Waals surface area contributed by atoms with Crippen LogP contribution < -0.4 is 17.2 Å². The molecule has 0 aromatic rings. The van der Waals surface area contributed by atoms with E-state index in [1.165, 1.54) is 0 Å². The Morgan fingerprint density at radius 3 is 1.90 bits per heavy atom. The quantitative estimate of drug-likeness (QED) is 0.148. The molecule has 1 aliphatic heterocycles. The number of likely N-dealkylation sites (N-methyl/N-ethyl adjacent to an activating group) is 1. The van der Waals surface area contributed by atoms with E-state index >= 15 is 0 Å². The van der Waals surface area contributed by atoms with Gasteiger partial charge in [-0.15, -0.1) is 0 Å². The van der Waals surface area contributed by atoms with Gasteiger partial charge in [0.2, 0.25) is 17.7 Å². The van der Waals surface area contributed by atoms with Gasteiger partial charge in [-0.05, 0) is 6.92 Å². The summed E-state index contributed by atoms with van der Waals surface area (Å²) in [5.74, 6) is -1.15. The van der Waals surface area contributed by atoms with Gasteiger partial charge in [-0.3, -0.25) is 19.3 Å². The van der Waals surface area contributed by atoms with Gasteiger partial charge in [-0.2, -0.15) is 0 Å². The average molecular weight is 447 g/mol. The van der Waals surface area contributed by atoms with E-state index in [9.17, 15) is 24.6 Å². The van der Waals surface area contributed by atoms with Crippen LogP contribution in [0.5, 0.6) is 0 Å². The zero-order chi connectivity index (χ0) is 23.7. The topological polar surface area (TPSA) is 173 Å². The first kappa shape index (κ1) is 27.2. The van der Waals surface area contributed by atoms with Gasteiger partial charge in [-0.25, -0.2) is 0 Å². The highest BCUT2D eigenvalue weighted by atomic mass is 16.3. The van der Waals surface area contributed by atoms with E-state index in [0.29, 0.717) is 61.3 Å². The van der Waals surface area contributed by atoms with Crippen molar-refractivity contribution in [2.24, 2.45) is 17.2 Å². The molecule has 11 nitrogen and oxygen atoms in total. The highest BCUT2D eigenvalue weighted by Crippen LogP contribution is 2.22. The Hall–Kier alpha value is -1.79. The summed E-state index contributed by atoms with van der Waals surface area (Å²) in [5, 5.41) is 19.9. The van der Waals surface area contributed by atoms with Crippen LogP contribution in [0.4, 0.5) is 0 Å². The Balaban J connectivity index is 2.76. The summed E-state index contributed by atoms with van der Waals surface area (Å²) >= 11 is 0. The second-order valence-electron chi connectivity index (χ2n) is 9.40. The molecule has 8 N–H and O–H groups in total. The van der Waals surface area contributed by atoms with Gasteiger partial charge in [-0.1, -0.05) is 0 Å². The molecule has 0 aliphatic carbocycles. The number of aliphatic hydroxyl groups is 2. The third kappa shape index (κ3) is 10.9. The molecule has 3 amide bonds. The van der Waals surface area contributed by atoms with Gasteiger partial charge in [0.15, 0.2) is 6.10 Å². The minimum Gasteiger partial charge on any atom is -0.388 e. The molecule has 31 heavy (non-hydrogen) atoms. The van der Waals surface area contributed by atoms with Crippen LogP contribution in [0.2, 0.25) is 0 Å². The number of primary amides is 3. The Morgan fingerprint density at radius 1 is 0.968 bits per heavy atom. The van der Waals surface area contributed by atoms with Crippen LogP contribution in [0.25, 0.3) is 0 Å². The molecule has 2 unspecified atom stereocenters. The number of hydrogen-bond donors (Lipinski definition) is 5. The fourth-order valence-corrected chi connectivity index (χ4v) is 4.31. The maximum Gasteiger partial charge on any atom is 0.223 e. The van der Waals surface area contributed by atoms with Crippen molar-refractivity contribution in [3.05, 3.63) is 0 Å². The van der Waals surface area contributed by atoms with Gasteiger partial charge >= 0.3 is 0 Å². The van der Waals surface area contributed by atoms with Gasteiger partial charge in [0.25, 0.3) is 0 Å². The fourth-order valence-electron chi connectivity index (χ4n) is 4.31. The average Bonchev–Trinajstić information content (AvgIpc) is 2.61. The third-order valence-corrected chi connectivity index (χ3v) is 6.15. The van der Waals surface area contributed by atoms with Gasteiger partial charge in [0.1, 0.15) is 38.8 Å². The van der Waals surface area contributed by atoms with E-state index in [0.717, 1.165) is 13.1 Å². The lowest BCUT2D eigenvalue weighted by Crippen LogP contribution is -2.70. The zero-order valence-electron chi connectivity index (χ0n) is 19.0. The lowest BCUT2D eigenvalue weighted by atomic mass is 10.0. The summed E-state index contributed by atoms with van der Waals surface area (Å²) in [6, 6.07) is 0.